The van der Waals surface area contributed by atoms with Crippen molar-refractivity contribution in [2.75, 3.05) is 39.6 Å². The standard InChI is InChI=1S/C74H144O17P2/c1-7-10-12-14-16-18-20-28-32-40-46-52-58-73(78)90-69(62-84-71(76)56-50-44-38-31-19-17-15-13-11-8-2)64-88-92(80,81)86-60-68(75)61-87-93(82,83)89-65-70(63-85-72(77)57-51-45-39-35-34-37-43-49-55-67(6)9-3)91-74(79)59-53-47-41-33-29-26-24-22-21-23-25-27-30-36-42-48-54-66(4)5/h66-70,75H,7-65H2,1-6H3,(H,80,81)(H,82,83)/t67?,68-,69+,70+/m0/s1. The molecule has 0 aliphatic rings. The van der Waals surface area contributed by atoms with Crippen LogP contribution in [0.2, 0.25) is 0 Å². The Kier molecular flexibility index (Phi) is 64.6. The molecule has 93 heavy (non-hydrogen) atoms. The average molecular weight is 1370 g/mol. The predicted molar refractivity (Wildman–Crippen MR) is 377 cm³/mol. The minimum atomic E-state index is -4.95. The SMILES string of the molecule is CCCCCCCCCCCCCCC(=O)O[C@H](COC(=O)CCCCCCCCCCCC)COP(=O)(O)OC[C@H](O)COP(=O)(O)OC[C@@H](COC(=O)CCCCCCCCCCC(C)CC)OC(=O)CCCCCCCCCCCCCCCCCCC(C)C. The molecule has 0 amide bonds. The third kappa shape index (κ3) is 67.0. The van der Waals surface area contributed by atoms with Crippen LogP contribution in [-0.4, -0.2) is 96.7 Å². The molecule has 0 radical (unpaired) electrons. The van der Waals surface area contributed by atoms with Crippen molar-refractivity contribution >= 4 is 39.5 Å². The molecule has 0 rings (SSSR count). The van der Waals surface area contributed by atoms with Gasteiger partial charge in [0.2, 0.25) is 0 Å². The molecule has 0 aliphatic carbocycles. The Morgan fingerprint density at radius 2 is 0.548 bits per heavy atom. The van der Waals surface area contributed by atoms with Gasteiger partial charge in [-0.15, -0.1) is 0 Å². The highest BCUT2D eigenvalue weighted by Crippen LogP contribution is 2.45. The summed E-state index contributed by atoms with van der Waals surface area (Å²) in [6.45, 7) is 9.61. The Balaban J connectivity index is 5.22. The highest BCUT2D eigenvalue weighted by molar-refractivity contribution is 7.47. The second kappa shape index (κ2) is 66.0. The van der Waals surface area contributed by atoms with Crippen molar-refractivity contribution in [3.63, 3.8) is 0 Å². The van der Waals surface area contributed by atoms with Crippen molar-refractivity contribution < 1.29 is 80.2 Å². The van der Waals surface area contributed by atoms with Crippen LogP contribution in [0.1, 0.15) is 382 Å². The van der Waals surface area contributed by atoms with Gasteiger partial charge in [0, 0.05) is 25.7 Å². The van der Waals surface area contributed by atoms with Crippen LogP contribution >= 0.6 is 15.6 Å². The van der Waals surface area contributed by atoms with Gasteiger partial charge in [0.1, 0.15) is 19.3 Å². The van der Waals surface area contributed by atoms with Gasteiger partial charge in [-0.2, -0.15) is 0 Å². The fourth-order valence-electron chi connectivity index (χ4n) is 11.3. The van der Waals surface area contributed by atoms with Crippen LogP contribution in [0.25, 0.3) is 0 Å². The van der Waals surface area contributed by atoms with E-state index >= 15 is 0 Å². The van der Waals surface area contributed by atoms with E-state index in [2.05, 4.69) is 41.5 Å². The number of unbranched alkanes of at least 4 members (excludes halogenated alkanes) is 42. The van der Waals surface area contributed by atoms with Crippen LogP contribution in [0.5, 0.6) is 0 Å². The van der Waals surface area contributed by atoms with Crippen LogP contribution in [0.15, 0.2) is 0 Å². The van der Waals surface area contributed by atoms with Crippen molar-refractivity contribution in [1.29, 1.82) is 0 Å². The van der Waals surface area contributed by atoms with E-state index in [9.17, 15) is 43.2 Å². The maximum Gasteiger partial charge on any atom is 0.472 e. The summed E-state index contributed by atoms with van der Waals surface area (Å²) in [4.78, 5) is 72.7. The smallest absolute Gasteiger partial charge is 0.462 e. The maximum atomic E-state index is 13.1. The fourth-order valence-corrected chi connectivity index (χ4v) is 12.8. The van der Waals surface area contributed by atoms with E-state index in [1.54, 1.807) is 0 Å². The Hall–Kier alpha value is -1.94. The first kappa shape index (κ1) is 91.1. The molecule has 0 aromatic carbocycles. The molecular formula is C74H144O17P2. The molecule has 3 unspecified atom stereocenters. The first-order chi connectivity index (χ1) is 44.9. The molecule has 0 bridgehead atoms. The number of carbonyl (C=O) groups excluding carboxylic acids is 4. The summed E-state index contributed by atoms with van der Waals surface area (Å²) in [5.74, 6) is -0.531. The van der Waals surface area contributed by atoms with Gasteiger partial charge in [0.15, 0.2) is 12.2 Å². The third-order valence-corrected chi connectivity index (χ3v) is 19.5. The normalized spacial score (nSPS) is 14.3. The molecule has 0 heterocycles. The van der Waals surface area contributed by atoms with E-state index in [0.717, 1.165) is 102 Å². The van der Waals surface area contributed by atoms with E-state index in [4.69, 9.17) is 37.0 Å². The van der Waals surface area contributed by atoms with Crippen molar-refractivity contribution in [3.8, 4) is 0 Å². The van der Waals surface area contributed by atoms with E-state index in [0.29, 0.717) is 25.7 Å². The summed E-state index contributed by atoms with van der Waals surface area (Å²) in [5, 5.41) is 10.6. The second-order valence-electron chi connectivity index (χ2n) is 27.4. The van der Waals surface area contributed by atoms with E-state index < -0.39 is 97.5 Å². The van der Waals surface area contributed by atoms with Crippen molar-refractivity contribution in [2.45, 2.75) is 400 Å². The zero-order valence-corrected chi connectivity index (χ0v) is 62.3. The molecule has 0 spiro atoms. The van der Waals surface area contributed by atoms with Gasteiger partial charge >= 0.3 is 39.5 Å². The zero-order chi connectivity index (χ0) is 68.6. The molecule has 552 valence electrons. The van der Waals surface area contributed by atoms with Gasteiger partial charge in [-0.25, -0.2) is 9.13 Å². The van der Waals surface area contributed by atoms with Crippen LogP contribution in [-0.2, 0) is 65.4 Å². The average Bonchev–Trinajstić information content (AvgIpc) is 3.50. The van der Waals surface area contributed by atoms with E-state index in [1.807, 2.05) is 0 Å². The number of aliphatic hydroxyl groups excluding tert-OH is 1. The number of phosphoric ester groups is 2. The summed E-state index contributed by atoms with van der Waals surface area (Å²) in [5.41, 5.74) is 0. The van der Waals surface area contributed by atoms with Crippen LogP contribution in [0.4, 0.5) is 0 Å². The molecule has 19 heteroatoms. The lowest BCUT2D eigenvalue weighted by molar-refractivity contribution is -0.161. The Bertz CT molecular complexity index is 1810. The van der Waals surface area contributed by atoms with Gasteiger partial charge in [-0.1, -0.05) is 330 Å². The summed E-state index contributed by atoms with van der Waals surface area (Å²) in [6.07, 6.45) is 52.6. The lowest BCUT2D eigenvalue weighted by Gasteiger charge is -2.21. The third-order valence-electron chi connectivity index (χ3n) is 17.6. The first-order valence-corrected chi connectivity index (χ1v) is 41.5. The van der Waals surface area contributed by atoms with E-state index in [-0.39, 0.29) is 25.7 Å². The van der Waals surface area contributed by atoms with Gasteiger partial charge in [0.25, 0.3) is 0 Å². The fraction of sp³-hybridized carbons (Fsp3) is 0.946. The predicted octanol–water partition coefficient (Wildman–Crippen LogP) is 21.6. The summed E-state index contributed by atoms with van der Waals surface area (Å²) in [7, 11) is -9.91. The Morgan fingerprint density at radius 1 is 0.312 bits per heavy atom. The molecule has 0 saturated heterocycles. The molecule has 0 aliphatic heterocycles. The summed E-state index contributed by atoms with van der Waals surface area (Å²) in [6, 6.07) is 0. The lowest BCUT2D eigenvalue weighted by Crippen LogP contribution is -2.30. The van der Waals surface area contributed by atoms with Crippen LogP contribution in [0.3, 0.4) is 0 Å². The molecule has 0 fully saturated rings. The van der Waals surface area contributed by atoms with Crippen molar-refractivity contribution in [2.24, 2.45) is 11.8 Å². The second-order valence-corrected chi connectivity index (χ2v) is 30.3. The topological polar surface area (TPSA) is 237 Å². The summed E-state index contributed by atoms with van der Waals surface area (Å²) >= 11 is 0. The number of phosphoric acid groups is 2. The molecule has 3 N–H and O–H groups in total. The van der Waals surface area contributed by atoms with Crippen LogP contribution < -0.4 is 0 Å². The lowest BCUT2D eigenvalue weighted by atomic mass is 9.99. The van der Waals surface area contributed by atoms with Crippen molar-refractivity contribution in [3.05, 3.63) is 0 Å². The zero-order valence-electron chi connectivity index (χ0n) is 60.6. The monoisotopic (exact) mass is 1370 g/mol. The molecule has 17 nitrogen and oxygen atoms in total. The largest absolute Gasteiger partial charge is 0.472 e. The Labute approximate surface area is 568 Å². The molecular weight excluding hydrogens is 1220 g/mol. The highest BCUT2D eigenvalue weighted by atomic mass is 31.2. The van der Waals surface area contributed by atoms with Gasteiger partial charge in [-0.3, -0.25) is 37.3 Å². The Morgan fingerprint density at radius 3 is 0.817 bits per heavy atom. The summed E-state index contributed by atoms with van der Waals surface area (Å²) < 4.78 is 68.4. The number of ether oxygens (including phenoxy) is 4. The van der Waals surface area contributed by atoms with Gasteiger partial charge in [0.05, 0.1) is 26.4 Å². The van der Waals surface area contributed by atoms with E-state index in [1.165, 1.54) is 199 Å². The van der Waals surface area contributed by atoms with Crippen molar-refractivity contribution in [1.82, 2.24) is 0 Å². The van der Waals surface area contributed by atoms with Crippen LogP contribution in [0, 0.1) is 11.8 Å². The number of rotatable bonds is 73. The molecule has 6 atom stereocenters. The molecule has 0 aromatic heterocycles. The number of aliphatic hydroxyl groups is 1. The molecule has 0 saturated carbocycles. The number of carbonyl (C=O) groups is 4. The number of esters is 4. The number of hydrogen-bond donors (Lipinski definition) is 3. The molecule has 0 aromatic rings. The first-order valence-electron chi connectivity index (χ1n) is 38.5. The maximum absolute atomic E-state index is 13.1. The minimum absolute atomic E-state index is 0.107. The highest BCUT2D eigenvalue weighted by Gasteiger charge is 2.30. The quantitative estimate of drug-likeness (QED) is 0.0222. The van der Waals surface area contributed by atoms with Gasteiger partial charge in [-0.05, 0) is 37.5 Å². The number of hydrogen-bond acceptors (Lipinski definition) is 15. The van der Waals surface area contributed by atoms with Gasteiger partial charge < -0.3 is 33.8 Å². The minimum Gasteiger partial charge on any atom is -0.462 e.